The van der Waals surface area contributed by atoms with Crippen molar-refractivity contribution >= 4 is 33.1 Å². The fraction of sp³-hybridized carbons (Fsp3) is 0.364. The van der Waals surface area contributed by atoms with Gasteiger partial charge in [0.1, 0.15) is 9.71 Å². The SMILES string of the molecule is CC(C)N1CCc2nc3sc(C(=O)NCc4ccc5c(c4)OCO5)c(N)c3cc2C1. The molecule has 7 nitrogen and oxygen atoms in total. The summed E-state index contributed by atoms with van der Waals surface area (Å²) < 4.78 is 10.7. The minimum Gasteiger partial charge on any atom is -0.454 e. The van der Waals surface area contributed by atoms with Gasteiger partial charge in [0.25, 0.3) is 5.91 Å². The van der Waals surface area contributed by atoms with Crippen molar-refractivity contribution < 1.29 is 14.3 Å². The Labute approximate surface area is 178 Å². The van der Waals surface area contributed by atoms with Crippen LogP contribution in [0.15, 0.2) is 24.3 Å². The Morgan fingerprint density at radius 2 is 2.13 bits per heavy atom. The zero-order chi connectivity index (χ0) is 20.8. The number of pyridine rings is 1. The van der Waals surface area contributed by atoms with Crippen molar-refractivity contribution in [3.8, 4) is 11.5 Å². The van der Waals surface area contributed by atoms with E-state index in [1.54, 1.807) is 0 Å². The van der Waals surface area contributed by atoms with Crippen molar-refractivity contribution in [2.24, 2.45) is 0 Å². The van der Waals surface area contributed by atoms with E-state index in [1.807, 2.05) is 18.2 Å². The van der Waals surface area contributed by atoms with Crippen molar-refractivity contribution in [1.29, 1.82) is 0 Å². The smallest absolute Gasteiger partial charge is 0.263 e. The van der Waals surface area contributed by atoms with Crippen LogP contribution < -0.4 is 20.5 Å². The number of hydrogen-bond acceptors (Lipinski definition) is 7. The summed E-state index contributed by atoms with van der Waals surface area (Å²) >= 11 is 1.36. The van der Waals surface area contributed by atoms with Gasteiger partial charge in [-0.2, -0.15) is 0 Å². The number of carbonyl (C=O) groups excluding carboxylic acids is 1. The lowest BCUT2D eigenvalue weighted by Gasteiger charge is -2.31. The van der Waals surface area contributed by atoms with Crippen molar-refractivity contribution in [2.75, 3.05) is 19.1 Å². The lowest BCUT2D eigenvalue weighted by molar-refractivity contribution is 0.0955. The molecule has 1 aromatic carbocycles. The average Bonchev–Trinajstić information content (AvgIpc) is 3.34. The molecule has 3 N–H and O–H groups in total. The first-order valence-corrected chi connectivity index (χ1v) is 10.9. The van der Waals surface area contributed by atoms with E-state index in [9.17, 15) is 4.79 Å². The molecule has 0 bridgehead atoms. The number of anilines is 1. The normalized spacial score (nSPS) is 15.6. The van der Waals surface area contributed by atoms with Gasteiger partial charge >= 0.3 is 0 Å². The van der Waals surface area contributed by atoms with Gasteiger partial charge in [-0.15, -0.1) is 11.3 Å². The van der Waals surface area contributed by atoms with E-state index >= 15 is 0 Å². The van der Waals surface area contributed by atoms with Gasteiger partial charge in [0.05, 0.1) is 5.69 Å². The Balaban J connectivity index is 1.36. The highest BCUT2D eigenvalue weighted by Crippen LogP contribution is 2.36. The van der Waals surface area contributed by atoms with Crippen molar-refractivity contribution in [3.63, 3.8) is 0 Å². The summed E-state index contributed by atoms with van der Waals surface area (Å²) in [5.41, 5.74) is 10.1. The van der Waals surface area contributed by atoms with Crippen LogP contribution in [0.3, 0.4) is 0 Å². The third kappa shape index (κ3) is 3.36. The van der Waals surface area contributed by atoms with Crippen LogP contribution in [-0.2, 0) is 19.5 Å². The first-order chi connectivity index (χ1) is 14.5. The van der Waals surface area contributed by atoms with Crippen LogP contribution in [0.4, 0.5) is 5.69 Å². The molecule has 0 unspecified atom stereocenters. The van der Waals surface area contributed by atoms with Crippen LogP contribution >= 0.6 is 11.3 Å². The van der Waals surface area contributed by atoms with Crippen LogP contribution in [-0.4, -0.2) is 35.2 Å². The van der Waals surface area contributed by atoms with Crippen LogP contribution in [0.5, 0.6) is 11.5 Å². The van der Waals surface area contributed by atoms with Crippen LogP contribution in [0.1, 0.15) is 40.3 Å². The number of thiophene rings is 1. The Morgan fingerprint density at radius 3 is 2.97 bits per heavy atom. The molecule has 2 aromatic heterocycles. The van der Waals surface area contributed by atoms with Gasteiger partial charge in [0.2, 0.25) is 6.79 Å². The number of carbonyl (C=O) groups is 1. The second-order valence-corrected chi connectivity index (χ2v) is 8.98. The molecule has 0 fully saturated rings. The Morgan fingerprint density at radius 1 is 1.30 bits per heavy atom. The number of nitrogen functional groups attached to an aromatic ring is 1. The van der Waals surface area contributed by atoms with Gasteiger partial charge < -0.3 is 20.5 Å². The number of benzene rings is 1. The quantitative estimate of drug-likeness (QED) is 0.668. The molecule has 0 atom stereocenters. The summed E-state index contributed by atoms with van der Waals surface area (Å²) in [6.07, 6.45) is 0.924. The van der Waals surface area contributed by atoms with E-state index in [0.717, 1.165) is 46.7 Å². The maximum absolute atomic E-state index is 12.8. The molecule has 5 rings (SSSR count). The predicted molar refractivity (Wildman–Crippen MR) is 117 cm³/mol. The van der Waals surface area contributed by atoms with E-state index < -0.39 is 0 Å². The van der Waals surface area contributed by atoms with E-state index in [0.29, 0.717) is 28.9 Å². The molecule has 0 saturated heterocycles. The summed E-state index contributed by atoms with van der Waals surface area (Å²) in [6, 6.07) is 8.26. The maximum atomic E-state index is 12.8. The Hall–Kier alpha value is -2.84. The van der Waals surface area contributed by atoms with Gasteiger partial charge in [0, 0.05) is 43.2 Å². The zero-order valence-electron chi connectivity index (χ0n) is 17.0. The molecule has 30 heavy (non-hydrogen) atoms. The first-order valence-electron chi connectivity index (χ1n) is 10.1. The summed E-state index contributed by atoms with van der Waals surface area (Å²) in [5, 5.41) is 3.83. The van der Waals surface area contributed by atoms with Gasteiger partial charge in [-0.3, -0.25) is 9.69 Å². The van der Waals surface area contributed by atoms with E-state index in [-0.39, 0.29) is 12.7 Å². The standard InChI is InChI=1S/C22H24N4O3S/c1-12(2)26-6-5-16-14(10-26)8-15-19(23)20(30-22(15)25-16)21(27)24-9-13-3-4-17-18(7-13)29-11-28-17/h3-4,7-8,12H,5-6,9-11,23H2,1-2H3,(H,24,27). The van der Waals surface area contributed by atoms with Crippen LogP contribution in [0.25, 0.3) is 10.2 Å². The third-order valence-electron chi connectivity index (χ3n) is 5.73. The maximum Gasteiger partial charge on any atom is 0.263 e. The Kier molecular flexibility index (Phi) is 4.75. The monoisotopic (exact) mass is 424 g/mol. The molecular formula is C22H24N4O3S. The summed E-state index contributed by atoms with van der Waals surface area (Å²) in [5.74, 6) is 1.24. The molecule has 0 spiro atoms. The van der Waals surface area contributed by atoms with Gasteiger partial charge in [0.15, 0.2) is 11.5 Å². The fourth-order valence-corrected chi connectivity index (χ4v) is 4.96. The van der Waals surface area contributed by atoms with Crippen LogP contribution in [0, 0.1) is 0 Å². The number of hydrogen-bond donors (Lipinski definition) is 2. The van der Waals surface area contributed by atoms with E-state index in [2.05, 4.69) is 30.1 Å². The van der Waals surface area contributed by atoms with Crippen LogP contribution in [0.2, 0.25) is 0 Å². The zero-order valence-corrected chi connectivity index (χ0v) is 17.8. The molecule has 0 aliphatic carbocycles. The molecule has 2 aliphatic heterocycles. The van der Waals surface area contributed by atoms with Gasteiger partial charge in [-0.1, -0.05) is 6.07 Å². The minimum atomic E-state index is -0.185. The number of nitrogens with one attached hydrogen (secondary N) is 1. The lowest BCUT2D eigenvalue weighted by Crippen LogP contribution is -2.36. The number of rotatable bonds is 4. The summed E-state index contributed by atoms with van der Waals surface area (Å²) in [7, 11) is 0. The van der Waals surface area contributed by atoms with Crippen molar-refractivity contribution in [2.45, 2.75) is 39.4 Å². The molecule has 4 heterocycles. The van der Waals surface area contributed by atoms with E-state index in [1.165, 1.54) is 16.9 Å². The predicted octanol–water partition coefficient (Wildman–Crippen LogP) is 3.30. The first kappa shape index (κ1) is 19.1. The molecule has 2 aliphatic rings. The molecule has 1 amide bonds. The molecule has 3 aromatic rings. The number of nitrogens with two attached hydrogens (primary N) is 1. The summed E-state index contributed by atoms with van der Waals surface area (Å²) in [6.45, 7) is 6.91. The second-order valence-electron chi connectivity index (χ2n) is 7.98. The number of nitrogens with zero attached hydrogens (tertiary/aromatic N) is 2. The average molecular weight is 425 g/mol. The lowest BCUT2D eigenvalue weighted by atomic mass is 10.0. The number of ether oxygens (including phenoxy) is 2. The molecule has 0 saturated carbocycles. The highest BCUT2D eigenvalue weighted by Gasteiger charge is 2.23. The van der Waals surface area contributed by atoms with Gasteiger partial charge in [-0.25, -0.2) is 4.98 Å². The topological polar surface area (TPSA) is 89.7 Å². The molecular weight excluding hydrogens is 400 g/mol. The van der Waals surface area contributed by atoms with Crippen molar-refractivity contribution in [3.05, 3.63) is 46.0 Å². The highest BCUT2D eigenvalue weighted by molar-refractivity contribution is 7.21. The summed E-state index contributed by atoms with van der Waals surface area (Å²) in [4.78, 5) is 21.4. The van der Waals surface area contributed by atoms with Gasteiger partial charge in [-0.05, 0) is 43.2 Å². The fourth-order valence-electron chi connectivity index (χ4n) is 3.94. The van der Waals surface area contributed by atoms with Crippen molar-refractivity contribution in [1.82, 2.24) is 15.2 Å². The van der Waals surface area contributed by atoms with E-state index in [4.69, 9.17) is 20.2 Å². The highest BCUT2D eigenvalue weighted by atomic mass is 32.1. The minimum absolute atomic E-state index is 0.185. The number of aromatic nitrogens is 1. The Bertz CT molecular complexity index is 1140. The number of fused-ring (bicyclic) bond motifs is 3. The third-order valence-corrected chi connectivity index (χ3v) is 6.84. The molecule has 8 heteroatoms. The molecule has 0 radical (unpaired) electrons. The second kappa shape index (κ2) is 7.45. The largest absolute Gasteiger partial charge is 0.454 e. The number of amides is 1. The molecule has 156 valence electrons.